The Balaban J connectivity index is 1.47. The molecule has 24 heavy (non-hydrogen) atoms. The summed E-state index contributed by atoms with van der Waals surface area (Å²) in [5.41, 5.74) is 1.43. The Bertz CT molecular complexity index is 870. The summed E-state index contributed by atoms with van der Waals surface area (Å²) in [5.74, 6) is 0.747. The summed E-state index contributed by atoms with van der Waals surface area (Å²) in [6.07, 6.45) is 4.80. The molecule has 2 heterocycles. The van der Waals surface area contributed by atoms with Gasteiger partial charge in [-0.1, -0.05) is 29.8 Å². The lowest BCUT2D eigenvalue weighted by Gasteiger charge is -2.08. The molecule has 3 aromatic rings. The molecule has 0 bridgehead atoms. The molecule has 2 aromatic heterocycles. The number of fused-ring (bicyclic) bond motifs is 1. The van der Waals surface area contributed by atoms with E-state index in [4.69, 9.17) is 11.6 Å². The van der Waals surface area contributed by atoms with E-state index < -0.39 is 0 Å². The molecule has 1 saturated carbocycles. The van der Waals surface area contributed by atoms with Crippen molar-refractivity contribution in [2.75, 3.05) is 6.54 Å². The largest absolute Gasteiger partial charge is 0.350 e. The van der Waals surface area contributed by atoms with Gasteiger partial charge >= 0.3 is 0 Å². The van der Waals surface area contributed by atoms with Gasteiger partial charge in [-0.05, 0) is 18.9 Å². The van der Waals surface area contributed by atoms with E-state index >= 15 is 0 Å². The monoisotopic (exact) mass is 343 g/mol. The summed E-state index contributed by atoms with van der Waals surface area (Å²) in [4.78, 5) is 12.6. The third-order valence-corrected chi connectivity index (χ3v) is 4.86. The summed E-state index contributed by atoms with van der Waals surface area (Å²) >= 11 is 6.40. The van der Waals surface area contributed by atoms with Crippen molar-refractivity contribution in [3.05, 3.63) is 47.1 Å². The number of carbonyl (C=O) groups excluding carboxylic acids is 1. The van der Waals surface area contributed by atoms with Gasteiger partial charge in [-0.2, -0.15) is 0 Å². The highest BCUT2D eigenvalue weighted by Gasteiger charge is 2.26. The highest BCUT2D eigenvalue weighted by atomic mass is 35.5. The number of rotatable bonds is 5. The molecule has 0 radical (unpaired) electrons. The van der Waals surface area contributed by atoms with Gasteiger partial charge in [0.15, 0.2) is 0 Å². The smallest absolute Gasteiger partial charge is 0.269 e. The van der Waals surface area contributed by atoms with Crippen LogP contribution >= 0.6 is 11.6 Å². The Morgan fingerprint density at radius 3 is 2.92 bits per heavy atom. The van der Waals surface area contributed by atoms with Gasteiger partial charge in [0.25, 0.3) is 5.91 Å². The lowest BCUT2D eigenvalue weighted by atomic mass is 10.2. The lowest BCUT2D eigenvalue weighted by molar-refractivity contribution is 0.0946. The number of para-hydroxylation sites is 1. The molecule has 0 unspecified atom stereocenters. The number of hydrogen-bond acceptors (Lipinski definition) is 3. The number of amides is 1. The molecule has 0 aliphatic heterocycles. The zero-order chi connectivity index (χ0) is 16.7. The van der Waals surface area contributed by atoms with E-state index in [9.17, 15) is 4.79 Å². The number of hydrogen-bond donors (Lipinski definition) is 1. The Hall–Kier alpha value is -2.34. The highest BCUT2D eigenvalue weighted by Crippen LogP contribution is 2.35. The molecule has 1 aliphatic rings. The SMILES string of the molecule is Cn1c(C(=O)NCCc2nncn2C2CC2)c(Cl)c2ccccc21. The van der Waals surface area contributed by atoms with Crippen molar-refractivity contribution in [1.82, 2.24) is 24.6 Å². The van der Waals surface area contributed by atoms with E-state index in [1.165, 1.54) is 12.8 Å². The van der Waals surface area contributed by atoms with Crippen molar-refractivity contribution in [3.63, 3.8) is 0 Å². The molecule has 0 saturated heterocycles. The van der Waals surface area contributed by atoms with Crippen LogP contribution < -0.4 is 5.32 Å². The molecule has 1 N–H and O–H groups in total. The summed E-state index contributed by atoms with van der Waals surface area (Å²) in [7, 11) is 1.85. The molecule has 1 amide bonds. The van der Waals surface area contributed by atoms with Crippen LogP contribution in [0.15, 0.2) is 30.6 Å². The van der Waals surface area contributed by atoms with E-state index in [0.29, 0.717) is 29.7 Å². The number of benzene rings is 1. The van der Waals surface area contributed by atoms with Crippen LogP contribution in [0.25, 0.3) is 10.9 Å². The molecule has 0 spiro atoms. The quantitative estimate of drug-likeness (QED) is 0.774. The Morgan fingerprint density at radius 1 is 1.38 bits per heavy atom. The molecule has 1 aliphatic carbocycles. The average Bonchev–Trinajstić information content (AvgIpc) is 3.27. The van der Waals surface area contributed by atoms with Crippen LogP contribution in [-0.4, -0.2) is 31.8 Å². The molecular weight excluding hydrogens is 326 g/mol. The maximum absolute atomic E-state index is 12.6. The maximum atomic E-state index is 12.6. The van der Waals surface area contributed by atoms with Gasteiger partial charge < -0.3 is 14.5 Å². The predicted molar refractivity (Wildman–Crippen MR) is 92.3 cm³/mol. The molecular formula is C17H18ClN5O. The summed E-state index contributed by atoms with van der Waals surface area (Å²) < 4.78 is 3.94. The highest BCUT2D eigenvalue weighted by molar-refractivity contribution is 6.38. The molecule has 4 rings (SSSR count). The number of carbonyl (C=O) groups is 1. The number of aryl methyl sites for hydroxylation is 1. The second-order valence-electron chi connectivity index (χ2n) is 6.13. The Kier molecular flexibility index (Phi) is 3.76. The summed E-state index contributed by atoms with van der Waals surface area (Å²) in [6, 6.07) is 8.27. The fourth-order valence-corrected chi connectivity index (χ4v) is 3.45. The zero-order valence-corrected chi connectivity index (χ0v) is 14.1. The number of nitrogens with zero attached hydrogens (tertiary/aromatic N) is 4. The zero-order valence-electron chi connectivity index (χ0n) is 13.4. The first-order valence-corrected chi connectivity index (χ1v) is 8.44. The van der Waals surface area contributed by atoms with Crippen LogP contribution in [0.2, 0.25) is 5.02 Å². The number of aromatic nitrogens is 4. The van der Waals surface area contributed by atoms with Gasteiger partial charge in [-0.15, -0.1) is 10.2 Å². The van der Waals surface area contributed by atoms with Crippen LogP contribution in [0.3, 0.4) is 0 Å². The van der Waals surface area contributed by atoms with E-state index in [0.717, 1.165) is 16.7 Å². The molecule has 7 heteroatoms. The normalized spacial score (nSPS) is 14.2. The van der Waals surface area contributed by atoms with Crippen molar-refractivity contribution in [3.8, 4) is 0 Å². The second-order valence-corrected chi connectivity index (χ2v) is 6.51. The average molecular weight is 344 g/mol. The topological polar surface area (TPSA) is 64.7 Å². The van der Waals surface area contributed by atoms with E-state index in [1.807, 2.05) is 35.9 Å². The predicted octanol–water partition coefficient (Wildman–Crippen LogP) is 2.73. The first kappa shape index (κ1) is 15.2. The first-order valence-electron chi connectivity index (χ1n) is 8.06. The fraction of sp³-hybridized carbons (Fsp3) is 0.353. The van der Waals surface area contributed by atoms with Crippen LogP contribution in [0.4, 0.5) is 0 Å². The minimum atomic E-state index is -0.170. The molecule has 1 fully saturated rings. The molecule has 124 valence electrons. The van der Waals surface area contributed by atoms with Gasteiger partial charge in [0, 0.05) is 37.0 Å². The van der Waals surface area contributed by atoms with E-state index in [-0.39, 0.29) is 5.91 Å². The summed E-state index contributed by atoms with van der Waals surface area (Å²) in [5, 5.41) is 12.4. The molecule has 6 nitrogen and oxygen atoms in total. The number of nitrogens with one attached hydrogen (secondary N) is 1. The van der Waals surface area contributed by atoms with Gasteiger partial charge in [-0.3, -0.25) is 4.79 Å². The van der Waals surface area contributed by atoms with E-state index in [2.05, 4.69) is 20.1 Å². The van der Waals surface area contributed by atoms with Crippen molar-refractivity contribution in [1.29, 1.82) is 0 Å². The van der Waals surface area contributed by atoms with Gasteiger partial charge in [0.05, 0.1) is 5.02 Å². The van der Waals surface area contributed by atoms with Crippen LogP contribution in [0.1, 0.15) is 35.2 Å². The fourth-order valence-electron chi connectivity index (χ4n) is 3.07. The van der Waals surface area contributed by atoms with Gasteiger partial charge in [-0.25, -0.2) is 0 Å². The van der Waals surface area contributed by atoms with Crippen molar-refractivity contribution in [2.45, 2.75) is 25.3 Å². The Morgan fingerprint density at radius 2 is 2.17 bits per heavy atom. The standard InChI is InChI=1S/C17H18ClN5O/c1-22-13-5-3-2-4-12(13)15(18)16(22)17(24)19-9-8-14-21-20-10-23(14)11-6-7-11/h2-5,10-11H,6-9H2,1H3,(H,19,24). The maximum Gasteiger partial charge on any atom is 0.269 e. The third kappa shape index (κ3) is 2.57. The third-order valence-electron chi connectivity index (χ3n) is 4.48. The first-order chi connectivity index (χ1) is 11.7. The number of halogens is 1. The Labute approximate surface area is 144 Å². The minimum Gasteiger partial charge on any atom is -0.350 e. The van der Waals surface area contributed by atoms with Crippen molar-refractivity contribution >= 4 is 28.4 Å². The lowest BCUT2D eigenvalue weighted by Crippen LogP contribution is -2.28. The molecule has 1 aromatic carbocycles. The molecule has 0 atom stereocenters. The summed E-state index contributed by atoms with van der Waals surface area (Å²) in [6.45, 7) is 0.502. The van der Waals surface area contributed by atoms with Crippen LogP contribution in [0, 0.1) is 0 Å². The van der Waals surface area contributed by atoms with Gasteiger partial charge in [0.1, 0.15) is 17.8 Å². The second kappa shape index (κ2) is 5.94. The van der Waals surface area contributed by atoms with Crippen molar-refractivity contribution in [2.24, 2.45) is 7.05 Å². The minimum absolute atomic E-state index is 0.170. The van der Waals surface area contributed by atoms with Crippen LogP contribution in [-0.2, 0) is 13.5 Å². The van der Waals surface area contributed by atoms with Crippen molar-refractivity contribution < 1.29 is 4.79 Å². The van der Waals surface area contributed by atoms with Gasteiger partial charge in [0.2, 0.25) is 0 Å². The van der Waals surface area contributed by atoms with Crippen LogP contribution in [0.5, 0.6) is 0 Å². The van der Waals surface area contributed by atoms with E-state index in [1.54, 1.807) is 6.33 Å².